The number of piperazine rings is 1. The molecule has 5 rings (SSSR count). The van der Waals surface area contributed by atoms with Gasteiger partial charge in [-0.1, -0.05) is 42.5 Å². The van der Waals surface area contributed by atoms with Crippen LogP contribution >= 0.6 is 0 Å². The normalized spacial score (nSPS) is 14.9. The molecule has 0 aliphatic carbocycles. The molecule has 0 radical (unpaired) electrons. The highest BCUT2D eigenvalue weighted by Gasteiger charge is 2.28. The van der Waals surface area contributed by atoms with E-state index < -0.39 is 10.0 Å². The van der Waals surface area contributed by atoms with Crippen LogP contribution in [0.15, 0.2) is 102 Å². The van der Waals surface area contributed by atoms with Crippen molar-refractivity contribution >= 4 is 15.9 Å². The number of sulfonamides is 1. The van der Waals surface area contributed by atoms with Crippen molar-refractivity contribution in [2.24, 2.45) is 0 Å². The van der Waals surface area contributed by atoms with E-state index in [1.165, 1.54) is 0 Å². The third kappa shape index (κ3) is 5.96. The molecule has 1 aromatic heterocycles. The van der Waals surface area contributed by atoms with Crippen molar-refractivity contribution in [1.29, 1.82) is 0 Å². The van der Waals surface area contributed by atoms with Gasteiger partial charge in [0.05, 0.1) is 11.2 Å². The van der Waals surface area contributed by atoms with Gasteiger partial charge in [0.15, 0.2) is 0 Å². The van der Waals surface area contributed by atoms with E-state index >= 15 is 0 Å². The Kier molecular flexibility index (Phi) is 7.45. The number of imidazole rings is 1. The van der Waals surface area contributed by atoms with E-state index in [-0.39, 0.29) is 5.91 Å². The van der Waals surface area contributed by atoms with Crippen LogP contribution in [0.5, 0.6) is 0 Å². The summed E-state index contributed by atoms with van der Waals surface area (Å²) in [6, 6.07) is 24.1. The third-order valence-electron chi connectivity index (χ3n) is 6.53. The molecule has 1 saturated heterocycles. The Balaban J connectivity index is 1.10. The number of nitrogens with one attached hydrogen (secondary N) is 1. The molecular formula is C28H29N5O3S. The molecule has 3 aromatic carbocycles. The second kappa shape index (κ2) is 11.1. The molecule has 0 saturated carbocycles. The average molecular weight is 516 g/mol. The minimum atomic E-state index is -3.45. The van der Waals surface area contributed by atoms with Crippen LogP contribution < -0.4 is 5.32 Å². The van der Waals surface area contributed by atoms with Crippen molar-refractivity contribution in [3.63, 3.8) is 0 Å². The zero-order valence-corrected chi connectivity index (χ0v) is 21.2. The van der Waals surface area contributed by atoms with Crippen LogP contribution in [-0.2, 0) is 23.1 Å². The second-order valence-corrected chi connectivity index (χ2v) is 10.9. The Bertz CT molecular complexity index is 1410. The fraction of sp³-hybridized carbons (Fsp3) is 0.214. The van der Waals surface area contributed by atoms with E-state index in [9.17, 15) is 13.2 Å². The molecule has 37 heavy (non-hydrogen) atoms. The molecule has 4 aromatic rings. The van der Waals surface area contributed by atoms with Crippen LogP contribution in [-0.4, -0.2) is 59.3 Å². The summed E-state index contributed by atoms with van der Waals surface area (Å²) in [7, 11) is -3.45. The van der Waals surface area contributed by atoms with Crippen LogP contribution in [0.1, 0.15) is 21.5 Å². The zero-order valence-electron chi connectivity index (χ0n) is 20.4. The van der Waals surface area contributed by atoms with Crippen molar-refractivity contribution in [2.45, 2.75) is 18.0 Å². The molecule has 0 bridgehead atoms. The lowest BCUT2D eigenvalue weighted by atomic mass is 10.1. The summed E-state index contributed by atoms with van der Waals surface area (Å²) in [4.78, 5) is 19.3. The lowest BCUT2D eigenvalue weighted by Crippen LogP contribution is -2.48. The number of hydrogen-bond donors (Lipinski definition) is 1. The molecule has 1 aliphatic heterocycles. The van der Waals surface area contributed by atoms with Crippen molar-refractivity contribution in [3.8, 4) is 5.69 Å². The summed E-state index contributed by atoms with van der Waals surface area (Å²) in [6.07, 6.45) is 5.37. The van der Waals surface area contributed by atoms with Crippen LogP contribution in [0.25, 0.3) is 5.69 Å². The van der Waals surface area contributed by atoms with Gasteiger partial charge >= 0.3 is 0 Å². The number of benzene rings is 3. The molecule has 0 spiro atoms. The smallest absolute Gasteiger partial charge is 0.251 e. The number of hydrogen-bond acceptors (Lipinski definition) is 5. The average Bonchev–Trinajstić information content (AvgIpc) is 3.48. The summed E-state index contributed by atoms with van der Waals surface area (Å²) in [5, 5.41) is 2.97. The van der Waals surface area contributed by atoms with Gasteiger partial charge in [0.25, 0.3) is 5.91 Å². The van der Waals surface area contributed by atoms with Crippen molar-refractivity contribution in [1.82, 2.24) is 24.1 Å². The maximum atomic E-state index is 12.8. The maximum absolute atomic E-state index is 12.8. The number of rotatable bonds is 8. The van der Waals surface area contributed by atoms with Gasteiger partial charge in [0, 0.05) is 62.9 Å². The Morgan fingerprint density at radius 1 is 0.838 bits per heavy atom. The van der Waals surface area contributed by atoms with Gasteiger partial charge in [-0.3, -0.25) is 9.69 Å². The number of nitrogens with zero attached hydrogens (tertiary/aromatic N) is 4. The SMILES string of the molecule is O=C(NCc1ccc(-n2ccnc2)cc1)c1ccc(CN2CCN(S(=O)(=O)c3ccccc3)CC2)cc1. The first-order chi connectivity index (χ1) is 18.0. The Morgan fingerprint density at radius 2 is 1.51 bits per heavy atom. The lowest BCUT2D eigenvalue weighted by molar-refractivity contribution is 0.0951. The zero-order chi connectivity index (χ0) is 25.7. The van der Waals surface area contributed by atoms with Gasteiger partial charge < -0.3 is 9.88 Å². The topological polar surface area (TPSA) is 87.5 Å². The highest BCUT2D eigenvalue weighted by atomic mass is 32.2. The van der Waals surface area contributed by atoms with Gasteiger partial charge in [0.2, 0.25) is 10.0 Å². The predicted molar refractivity (Wildman–Crippen MR) is 142 cm³/mol. The minimum absolute atomic E-state index is 0.120. The number of aromatic nitrogens is 2. The van der Waals surface area contributed by atoms with E-state index in [0.29, 0.717) is 49.7 Å². The number of carbonyl (C=O) groups excluding carboxylic acids is 1. The van der Waals surface area contributed by atoms with E-state index in [1.807, 2.05) is 65.4 Å². The summed E-state index contributed by atoms with van der Waals surface area (Å²) >= 11 is 0. The lowest BCUT2D eigenvalue weighted by Gasteiger charge is -2.34. The molecule has 1 amide bonds. The minimum Gasteiger partial charge on any atom is -0.348 e. The molecule has 0 atom stereocenters. The fourth-order valence-electron chi connectivity index (χ4n) is 4.37. The van der Waals surface area contributed by atoms with E-state index in [2.05, 4.69) is 15.2 Å². The molecule has 8 nitrogen and oxygen atoms in total. The summed E-state index contributed by atoms with van der Waals surface area (Å²) in [5.74, 6) is -0.120. The fourth-order valence-corrected chi connectivity index (χ4v) is 5.81. The van der Waals surface area contributed by atoms with E-state index in [0.717, 1.165) is 16.8 Å². The number of amides is 1. The molecule has 0 unspecified atom stereocenters. The molecule has 9 heteroatoms. The van der Waals surface area contributed by atoms with Gasteiger partial charge in [-0.2, -0.15) is 4.31 Å². The van der Waals surface area contributed by atoms with Gasteiger partial charge in [-0.05, 0) is 47.5 Å². The molecule has 1 aliphatic rings. The standard InChI is InChI=1S/C28H29N5O3S/c34-28(30-20-23-8-12-26(13-9-23)32-15-14-29-22-32)25-10-6-24(7-11-25)21-31-16-18-33(19-17-31)37(35,36)27-4-2-1-3-5-27/h1-15,22H,16-21H2,(H,30,34). The highest BCUT2D eigenvalue weighted by Crippen LogP contribution is 2.18. The Hall–Kier alpha value is -3.79. The Labute approximate surface area is 217 Å². The first kappa shape index (κ1) is 24.9. The first-order valence-corrected chi connectivity index (χ1v) is 13.6. The summed E-state index contributed by atoms with van der Waals surface area (Å²) in [5.41, 5.74) is 3.73. The quantitative estimate of drug-likeness (QED) is 0.389. The van der Waals surface area contributed by atoms with Crippen LogP contribution in [0.4, 0.5) is 0 Å². The molecular weight excluding hydrogens is 486 g/mol. The van der Waals surface area contributed by atoms with Crippen LogP contribution in [0.3, 0.4) is 0 Å². The largest absolute Gasteiger partial charge is 0.348 e. The first-order valence-electron chi connectivity index (χ1n) is 12.2. The maximum Gasteiger partial charge on any atom is 0.251 e. The second-order valence-electron chi connectivity index (χ2n) is 9.01. The monoisotopic (exact) mass is 515 g/mol. The van der Waals surface area contributed by atoms with E-state index in [4.69, 9.17) is 0 Å². The molecule has 1 N–H and O–H groups in total. The summed E-state index contributed by atoms with van der Waals surface area (Å²) < 4.78 is 29.1. The van der Waals surface area contributed by atoms with Gasteiger partial charge in [-0.15, -0.1) is 0 Å². The van der Waals surface area contributed by atoms with Crippen molar-refractivity contribution < 1.29 is 13.2 Å². The van der Waals surface area contributed by atoms with Gasteiger partial charge in [0.1, 0.15) is 0 Å². The third-order valence-corrected chi connectivity index (χ3v) is 8.44. The van der Waals surface area contributed by atoms with E-state index in [1.54, 1.807) is 41.1 Å². The highest BCUT2D eigenvalue weighted by molar-refractivity contribution is 7.89. The Morgan fingerprint density at radius 3 is 2.16 bits per heavy atom. The van der Waals surface area contributed by atoms with Crippen LogP contribution in [0.2, 0.25) is 0 Å². The van der Waals surface area contributed by atoms with Crippen molar-refractivity contribution in [2.75, 3.05) is 26.2 Å². The molecule has 2 heterocycles. The van der Waals surface area contributed by atoms with Crippen LogP contribution in [0, 0.1) is 0 Å². The number of carbonyl (C=O) groups is 1. The predicted octanol–water partition coefficient (Wildman–Crippen LogP) is 3.31. The molecule has 190 valence electrons. The summed E-state index contributed by atoms with van der Waals surface area (Å²) in [6.45, 7) is 3.40. The van der Waals surface area contributed by atoms with Gasteiger partial charge in [-0.25, -0.2) is 13.4 Å². The molecule has 1 fully saturated rings. The van der Waals surface area contributed by atoms with Crippen molar-refractivity contribution in [3.05, 3.63) is 114 Å².